The Kier molecular flexibility index (Phi) is 14.6. The van der Waals surface area contributed by atoms with Gasteiger partial charge in [0, 0.05) is 39.5 Å². The molecule has 0 heterocycles. The fourth-order valence-electron chi connectivity index (χ4n) is 1.43. The molecule has 0 saturated heterocycles. The molecule has 0 aliphatic rings. The van der Waals surface area contributed by atoms with Crippen LogP contribution in [0.5, 0.6) is 0 Å². The van der Waals surface area contributed by atoms with Crippen molar-refractivity contribution < 1.29 is 9.47 Å². The summed E-state index contributed by atoms with van der Waals surface area (Å²) in [4.78, 5) is 4.49. The van der Waals surface area contributed by atoms with E-state index in [4.69, 9.17) is 9.47 Å². The molecule has 0 bridgehead atoms. The molecule has 2 N–H and O–H groups in total. The largest absolute Gasteiger partial charge is 0.381 e. The van der Waals surface area contributed by atoms with Gasteiger partial charge in [-0.3, -0.25) is 4.99 Å². The van der Waals surface area contributed by atoms with Crippen molar-refractivity contribution in [2.75, 3.05) is 46.1 Å². The van der Waals surface area contributed by atoms with E-state index in [0.717, 1.165) is 58.3 Å². The average molecular weight is 273 g/mol. The van der Waals surface area contributed by atoms with Crippen LogP contribution in [0.3, 0.4) is 0 Å². The van der Waals surface area contributed by atoms with Crippen LogP contribution >= 0.6 is 0 Å². The van der Waals surface area contributed by atoms with Crippen LogP contribution in [-0.4, -0.2) is 52.0 Å². The molecule has 5 heteroatoms. The van der Waals surface area contributed by atoms with Gasteiger partial charge < -0.3 is 20.1 Å². The Hall–Kier alpha value is -0.810. The maximum atomic E-state index is 5.50. The number of ether oxygens (including phenoxy) is 2. The molecule has 0 atom stereocenters. The Balaban J connectivity index is 3.61. The van der Waals surface area contributed by atoms with E-state index in [0.29, 0.717) is 6.61 Å². The predicted octanol–water partition coefficient (Wildman–Crippen LogP) is 1.78. The minimum atomic E-state index is 0.709. The monoisotopic (exact) mass is 273 g/mol. The molecule has 5 nitrogen and oxygen atoms in total. The summed E-state index contributed by atoms with van der Waals surface area (Å²) in [6.07, 6.45) is 3.29. The molecule has 0 radical (unpaired) electrons. The van der Waals surface area contributed by atoms with Gasteiger partial charge in [0.2, 0.25) is 0 Å². The lowest BCUT2D eigenvalue weighted by Gasteiger charge is -2.11. The zero-order valence-corrected chi connectivity index (χ0v) is 12.8. The second kappa shape index (κ2) is 15.2. The first kappa shape index (κ1) is 18.2. The van der Waals surface area contributed by atoms with E-state index in [1.807, 2.05) is 6.92 Å². The quantitative estimate of drug-likeness (QED) is 0.323. The molecule has 0 aromatic rings. The molecular formula is C14H31N3O2. The van der Waals surface area contributed by atoms with Crippen molar-refractivity contribution in [1.29, 1.82) is 0 Å². The molecule has 0 unspecified atom stereocenters. The van der Waals surface area contributed by atoms with E-state index in [9.17, 15) is 0 Å². The maximum Gasteiger partial charge on any atom is 0.191 e. The second-order valence-electron chi connectivity index (χ2n) is 4.20. The maximum absolute atomic E-state index is 5.50. The Morgan fingerprint density at radius 2 is 1.74 bits per heavy atom. The van der Waals surface area contributed by atoms with Gasteiger partial charge in [-0.1, -0.05) is 13.3 Å². The summed E-state index contributed by atoms with van der Waals surface area (Å²) in [5, 5.41) is 6.45. The number of nitrogens with zero attached hydrogens (tertiary/aromatic N) is 1. The lowest BCUT2D eigenvalue weighted by Crippen LogP contribution is -2.39. The van der Waals surface area contributed by atoms with Crippen molar-refractivity contribution in [3.63, 3.8) is 0 Å². The third kappa shape index (κ3) is 13.4. The molecule has 0 amide bonds. The average Bonchev–Trinajstić information content (AvgIpc) is 2.42. The van der Waals surface area contributed by atoms with Crippen LogP contribution in [0.2, 0.25) is 0 Å². The van der Waals surface area contributed by atoms with Gasteiger partial charge >= 0.3 is 0 Å². The first-order valence-corrected chi connectivity index (χ1v) is 7.52. The van der Waals surface area contributed by atoms with Crippen LogP contribution in [0.25, 0.3) is 0 Å². The predicted molar refractivity (Wildman–Crippen MR) is 80.8 cm³/mol. The number of unbranched alkanes of at least 4 members (excludes halogenated alkanes) is 1. The topological polar surface area (TPSA) is 54.9 Å². The smallest absolute Gasteiger partial charge is 0.191 e. The first-order chi connectivity index (χ1) is 9.35. The zero-order valence-electron chi connectivity index (χ0n) is 12.8. The van der Waals surface area contributed by atoms with E-state index in [-0.39, 0.29) is 0 Å². The third-order valence-electron chi connectivity index (χ3n) is 2.45. The Morgan fingerprint density at radius 3 is 2.42 bits per heavy atom. The summed E-state index contributed by atoms with van der Waals surface area (Å²) in [6, 6.07) is 0. The Labute approximate surface area is 118 Å². The van der Waals surface area contributed by atoms with Crippen molar-refractivity contribution in [3.05, 3.63) is 0 Å². The third-order valence-corrected chi connectivity index (χ3v) is 2.45. The van der Waals surface area contributed by atoms with Crippen molar-refractivity contribution >= 4 is 5.96 Å². The SMILES string of the molecule is CCCCOCCCN=C(NCC)NCCOCC. The minimum absolute atomic E-state index is 0.709. The molecule has 0 fully saturated rings. The fraction of sp³-hybridized carbons (Fsp3) is 0.929. The van der Waals surface area contributed by atoms with Crippen molar-refractivity contribution in [2.45, 2.75) is 40.0 Å². The molecule has 0 aromatic heterocycles. The summed E-state index contributed by atoms with van der Waals surface area (Å²) in [7, 11) is 0. The normalized spacial score (nSPS) is 11.6. The van der Waals surface area contributed by atoms with Crippen LogP contribution in [0.15, 0.2) is 4.99 Å². The number of hydrogen-bond acceptors (Lipinski definition) is 3. The number of aliphatic imine (C=N–C) groups is 1. The van der Waals surface area contributed by atoms with Gasteiger partial charge in [-0.05, 0) is 26.7 Å². The molecule has 0 aliphatic carbocycles. The summed E-state index contributed by atoms with van der Waals surface area (Å²) in [5.41, 5.74) is 0. The standard InChI is InChI=1S/C14H31N3O2/c1-4-7-11-19-12-8-9-16-14(15-5-2)17-10-13-18-6-3/h4-13H2,1-3H3,(H2,15,16,17). The van der Waals surface area contributed by atoms with Gasteiger partial charge in [0.15, 0.2) is 5.96 Å². The molecule has 0 spiro atoms. The Morgan fingerprint density at radius 1 is 0.947 bits per heavy atom. The van der Waals surface area contributed by atoms with Crippen molar-refractivity contribution in [2.24, 2.45) is 4.99 Å². The number of guanidine groups is 1. The van der Waals surface area contributed by atoms with E-state index in [1.165, 1.54) is 6.42 Å². The molecule has 0 saturated carbocycles. The van der Waals surface area contributed by atoms with Crippen LogP contribution < -0.4 is 10.6 Å². The summed E-state index contributed by atoms with van der Waals surface area (Å²) < 4.78 is 10.8. The van der Waals surface area contributed by atoms with Gasteiger partial charge in [-0.2, -0.15) is 0 Å². The van der Waals surface area contributed by atoms with E-state index < -0.39 is 0 Å². The fourth-order valence-corrected chi connectivity index (χ4v) is 1.43. The summed E-state index contributed by atoms with van der Waals surface area (Å²) in [5.74, 6) is 0.857. The molecule has 0 aromatic carbocycles. The number of nitrogens with one attached hydrogen (secondary N) is 2. The van der Waals surface area contributed by atoms with E-state index >= 15 is 0 Å². The summed E-state index contributed by atoms with van der Waals surface area (Å²) in [6.45, 7) is 11.8. The van der Waals surface area contributed by atoms with Crippen LogP contribution in [0.4, 0.5) is 0 Å². The van der Waals surface area contributed by atoms with Crippen LogP contribution in [-0.2, 0) is 9.47 Å². The van der Waals surface area contributed by atoms with Gasteiger partial charge in [-0.25, -0.2) is 0 Å². The van der Waals surface area contributed by atoms with Crippen LogP contribution in [0, 0.1) is 0 Å². The molecule has 19 heavy (non-hydrogen) atoms. The molecule has 0 aliphatic heterocycles. The lowest BCUT2D eigenvalue weighted by molar-refractivity contribution is 0.130. The van der Waals surface area contributed by atoms with Gasteiger partial charge in [0.05, 0.1) is 6.61 Å². The first-order valence-electron chi connectivity index (χ1n) is 7.52. The number of hydrogen-bond donors (Lipinski definition) is 2. The van der Waals surface area contributed by atoms with Crippen LogP contribution in [0.1, 0.15) is 40.0 Å². The van der Waals surface area contributed by atoms with Gasteiger partial charge in [0.1, 0.15) is 0 Å². The molecule has 114 valence electrons. The summed E-state index contributed by atoms with van der Waals surface area (Å²) >= 11 is 0. The van der Waals surface area contributed by atoms with Gasteiger partial charge in [0.25, 0.3) is 0 Å². The highest BCUT2D eigenvalue weighted by atomic mass is 16.5. The van der Waals surface area contributed by atoms with Crippen molar-refractivity contribution in [3.8, 4) is 0 Å². The Bertz CT molecular complexity index is 211. The van der Waals surface area contributed by atoms with Crippen molar-refractivity contribution in [1.82, 2.24) is 10.6 Å². The molecule has 0 rings (SSSR count). The lowest BCUT2D eigenvalue weighted by atomic mass is 10.4. The highest BCUT2D eigenvalue weighted by Gasteiger charge is 1.96. The second-order valence-corrected chi connectivity index (χ2v) is 4.20. The number of rotatable bonds is 12. The minimum Gasteiger partial charge on any atom is -0.381 e. The highest BCUT2D eigenvalue weighted by molar-refractivity contribution is 5.79. The highest BCUT2D eigenvalue weighted by Crippen LogP contribution is 1.90. The molecular weight excluding hydrogens is 242 g/mol. The van der Waals surface area contributed by atoms with Gasteiger partial charge in [-0.15, -0.1) is 0 Å². The van der Waals surface area contributed by atoms with E-state index in [2.05, 4.69) is 29.5 Å². The zero-order chi connectivity index (χ0) is 14.2. The van der Waals surface area contributed by atoms with E-state index in [1.54, 1.807) is 0 Å².